The lowest BCUT2D eigenvalue weighted by molar-refractivity contribution is -0.150. The van der Waals surface area contributed by atoms with Gasteiger partial charge in [0.05, 0.1) is 6.42 Å². The summed E-state index contributed by atoms with van der Waals surface area (Å²) in [5.74, 6) is -1.07. The Bertz CT molecular complexity index is 426. The number of halogens is 3. The molecule has 0 amide bonds. The molecule has 1 aliphatic rings. The van der Waals surface area contributed by atoms with Crippen LogP contribution in [0.4, 0.5) is 18.0 Å². The number of hydrogen-bond donors (Lipinski definition) is 1. The zero-order chi connectivity index (χ0) is 17.2. The van der Waals surface area contributed by atoms with E-state index in [0.29, 0.717) is 12.2 Å². The average molecular weight is 362 g/mol. The van der Waals surface area contributed by atoms with E-state index < -0.39 is 43.8 Å². The second-order valence-electron chi connectivity index (χ2n) is 6.05. The van der Waals surface area contributed by atoms with Crippen molar-refractivity contribution in [2.75, 3.05) is 11.5 Å². The fourth-order valence-corrected chi connectivity index (χ4v) is 9.02. The summed E-state index contributed by atoms with van der Waals surface area (Å²) < 4.78 is 45.5. The third-order valence-corrected chi connectivity index (χ3v) is 10.1. The van der Waals surface area contributed by atoms with E-state index in [1.54, 1.807) is 20.8 Å². The number of rotatable bonds is 3. The highest BCUT2D eigenvalue weighted by atomic mass is 33.2. The Kier molecular flexibility index (Phi) is 6.11. The number of ether oxygens (including phenoxy) is 1. The molecule has 1 saturated heterocycles. The maximum absolute atomic E-state index is 13.4. The van der Waals surface area contributed by atoms with Gasteiger partial charge < -0.3 is 9.84 Å². The number of carbonyl (C=O) groups excluding carboxylic acids is 1. The molecule has 1 aliphatic heterocycles. The molecular weight excluding hydrogens is 341 g/mol. The molecule has 0 spiro atoms. The predicted molar refractivity (Wildman–Crippen MR) is 82.5 cm³/mol. The predicted octanol–water partition coefficient (Wildman–Crippen LogP) is 4.57. The summed E-state index contributed by atoms with van der Waals surface area (Å²) >= 11 is 0. The minimum absolute atomic E-state index is 0.0596. The zero-order valence-electron chi connectivity index (χ0n) is 12.7. The van der Waals surface area contributed by atoms with Crippen LogP contribution in [0, 0.1) is 0 Å². The highest BCUT2D eigenvalue weighted by molar-refractivity contribution is 9.00. The van der Waals surface area contributed by atoms with Crippen molar-refractivity contribution in [2.24, 2.45) is 0 Å². The van der Waals surface area contributed by atoms with E-state index in [2.05, 4.69) is 0 Å². The lowest BCUT2D eigenvalue weighted by Crippen LogP contribution is -2.42. The van der Waals surface area contributed by atoms with E-state index >= 15 is 0 Å². The second-order valence-corrected chi connectivity index (χ2v) is 12.0. The van der Waals surface area contributed by atoms with E-state index in [-0.39, 0.29) is 5.75 Å². The van der Waals surface area contributed by atoms with Gasteiger partial charge in [-0.2, -0.15) is 13.2 Å². The monoisotopic (exact) mass is 362 g/mol. The highest BCUT2D eigenvalue weighted by Gasteiger charge is 2.57. The third kappa shape index (κ3) is 4.97. The number of carboxylic acids is 1. The maximum atomic E-state index is 13.4. The topological polar surface area (TPSA) is 63.6 Å². The van der Waals surface area contributed by atoms with Crippen LogP contribution >= 0.6 is 19.9 Å². The van der Waals surface area contributed by atoms with Gasteiger partial charge >= 0.3 is 17.4 Å². The van der Waals surface area contributed by atoms with Gasteiger partial charge in [0, 0.05) is 5.75 Å². The molecule has 2 unspecified atom stereocenters. The molecule has 0 bridgehead atoms. The molecule has 0 radical (unpaired) electrons. The molecule has 4 nitrogen and oxygen atoms in total. The SMILES string of the molecule is CC(C)(C)OC(=O)S1(C(CC(=O)O)C(F)(F)F)CCCCS1. The van der Waals surface area contributed by atoms with E-state index in [1.807, 2.05) is 0 Å². The summed E-state index contributed by atoms with van der Waals surface area (Å²) in [7, 11) is -1.99. The molecule has 2 atom stereocenters. The van der Waals surface area contributed by atoms with Crippen molar-refractivity contribution in [1.82, 2.24) is 0 Å². The average Bonchev–Trinajstić information content (AvgIpc) is 2.33. The molecule has 0 aromatic heterocycles. The number of carboxylic acid groups (broad SMARTS) is 1. The highest BCUT2D eigenvalue weighted by Crippen LogP contribution is 2.71. The normalized spacial score (nSPS) is 27.5. The first-order valence-electron chi connectivity index (χ1n) is 6.84. The molecule has 0 aliphatic carbocycles. The number of alkyl halides is 3. The van der Waals surface area contributed by atoms with E-state index in [9.17, 15) is 22.8 Å². The number of carbonyl (C=O) groups is 2. The molecule has 130 valence electrons. The third-order valence-electron chi connectivity index (χ3n) is 2.99. The molecule has 1 fully saturated rings. The van der Waals surface area contributed by atoms with Crippen LogP contribution in [0.15, 0.2) is 0 Å². The Morgan fingerprint density at radius 3 is 2.23 bits per heavy atom. The minimum Gasteiger partial charge on any atom is -0.481 e. The minimum atomic E-state index is -4.74. The van der Waals surface area contributed by atoms with Crippen LogP contribution in [0.3, 0.4) is 0 Å². The molecular formula is C13H21F3O4S2. The first-order chi connectivity index (χ1) is 9.88. The molecule has 0 aromatic rings. The molecule has 9 heteroatoms. The van der Waals surface area contributed by atoms with Gasteiger partial charge in [-0.1, -0.05) is 9.06 Å². The Balaban J connectivity index is 3.22. The standard InChI is InChI=1S/C13H21F3O4S2/c1-12(2,3)20-11(19)22(7-5-4-6-21-22)9(8-10(17)18)13(14,15)16/h9H,4-8H2,1-3H3,(H,17,18). The second kappa shape index (κ2) is 6.90. The van der Waals surface area contributed by atoms with E-state index in [4.69, 9.17) is 9.84 Å². The Morgan fingerprint density at radius 2 is 1.86 bits per heavy atom. The summed E-state index contributed by atoms with van der Waals surface area (Å²) in [5.41, 5.74) is -0.908. The first-order valence-corrected chi connectivity index (χ1v) is 10.2. The fourth-order valence-electron chi connectivity index (χ4n) is 2.10. The Labute approximate surface area is 132 Å². The maximum Gasteiger partial charge on any atom is 0.400 e. The van der Waals surface area contributed by atoms with Crippen molar-refractivity contribution in [3.05, 3.63) is 0 Å². The van der Waals surface area contributed by atoms with Gasteiger partial charge in [0.25, 0.3) is 0 Å². The molecule has 0 saturated carbocycles. The lowest BCUT2D eigenvalue weighted by Gasteiger charge is -2.46. The van der Waals surface area contributed by atoms with Crippen LogP contribution < -0.4 is 0 Å². The van der Waals surface area contributed by atoms with Gasteiger partial charge in [-0.3, -0.25) is 4.79 Å². The molecule has 22 heavy (non-hydrogen) atoms. The van der Waals surface area contributed by atoms with Crippen LogP contribution in [-0.4, -0.2) is 44.9 Å². The van der Waals surface area contributed by atoms with Gasteiger partial charge in [0.1, 0.15) is 10.9 Å². The van der Waals surface area contributed by atoms with Crippen molar-refractivity contribution in [3.63, 3.8) is 0 Å². The van der Waals surface area contributed by atoms with Crippen LogP contribution in [0.25, 0.3) is 0 Å². The van der Waals surface area contributed by atoms with Gasteiger partial charge in [0.15, 0.2) is 0 Å². The van der Waals surface area contributed by atoms with E-state index in [0.717, 1.165) is 17.2 Å². The van der Waals surface area contributed by atoms with Crippen molar-refractivity contribution in [3.8, 4) is 0 Å². The van der Waals surface area contributed by atoms with Gasteiger partial charge in [-0.05, 0) is 39.4 Å². The van der Waals surface area contributed by atoms with Crippen LogP contribution in [0.2, 0.25) is 0 Å². The number of aliphatic carboxylic acids is 1. The number of hydrogen-bond acceptors (Lipinski definition) is 4. The summed E-state index contributed by atoms with van der Waals surface area (Å²) in [4.78, 5) is 23.4. The summed E-state index contributed by atoms with van der Waals surface area (Å²) in [5, 5.41) is 5.81. The van der Waals surface area contributed by atoms with Crippen molar-refractivity contribution >= 4 is 31.1 Å². The molecule has 1 heterocycles. The zero-order valence-corrected chi connectivity index (χ0v) is 14.4. The Morgan fingerprint density at radius 1 is 1.27 bits per heavy atom. The molecule has 1 rings (SSSR count). The molecule has 1 N–H and O–H groups in total. The first kappa shape index (κ1) is 19.5. The smallest absolute Gasteiger partial charge is 0.400 e. The van der Waals surface area contributed by atoms with Gasteiger partial charge in [-0.15, -0.1) is 10.8 Å². The van der Waals surface area contributed by atoms with Gasteiger partial charge in [-0.25, -0.2) is 4.79 Å². The van der Waals surface area contributed by atoms with Crippen molar-refractivity contribution < 1.29 is 32.6 Å². The van der Waals surface area contributed by atoms with Crippen LogP contribution in [-0.2, 0) is 9.53 Å². The quantitative estimate of drug-likeness (QED) is 0.588. The van der Waals surface area contributed by atoms with E-state index in [1.165, 1.54) is 0 Å². The summed E-state index contributed by atoms with van der Waals surface area (Å²) in [6, 6.07) is 0. The van der Waals surface area contributed by atoms with Crippen molar-refractivity contribution in [2.45, 2.75) is 57.1 Å². The molecule has 0 aromatic carbocycles. The van der Waals surface area contributed by atoms with Crippen molar-refractivity contribution in [1.29, 1.82) is 0 Å². The van der Waals surface area contributed by atoms with Crippen LogP contribution in [0.5, 0.6) is 0 Å². The Hall–Kier alpha value is -0.570. The summed E-state index contributed by atoms with van der Waals surface area (Å²) in [6.07, 6.45) is -4.63. The lowest BCUT2D eigenvalue weighted by atomic mass is 10.2. The van der Waals surface area contributed by atoms with Crippen LogP contribution in [0.1, 0.15) is 40.0 Å². The van der Waals surface area contributed by atoms with Gasteiger partial charge in [0.2, 0.25) is 0 Å². The largest absolute Gasteiger partial charge is 0.481 e. The fraction of sp³-hybridized carbons (Fsp3) is 0.846. The summed E-state index contributed by atoms with van der Waals surface area (Å²) in [6.45, 7) is 4.77.